The minimum Gasteiger partial charge on any atom is -0.490 e. The molecule has 5 nitrogen and oxygen atoms in total. The molecule has 0 aromatic heterocycles. The molecule has 152 valence electrons. The first kappa shape index (κ1) is 24.2. The Kier molecular flexibility index (Phi) is 12.7. The van der Waals surface area contributed by atoms with Crippen molar-refractivity contribution in [3.05, 3.63) is 32.7 Å². The summed E-state index contributed by atoms with van der Waals surface area (Å²) in [7, 11) is 0. The van der Waals surface area contributed by atoms with Gasteiger partial charge in [0, 0.05) is 18.7 Å². The number of nitrogens with zero attached hydrogens (tertiary/aromatic N) is 1. The Hall–Kier alpha value is -0.850. The van der Waals surface area contributed by atoms with Crippen LogP contribution in [0.15, 0.2) is 27.9 Å². The first-order valence-corrected chi connectivity index (χ1v) is 9.96. The molecule has 0 unspecified atom stereocenters. The molecule has 0 aliphatic rings. The highest BCUT2D eigenvalue weighted by atomic mass is 35.5. The third-order valence-corrected chi connectivity index (χ3v) is 4.24. The van der Waals surface area contributed by atoms with Gasteiger partial charge in [-0.2, -0.15) is 0 Å². The predicted octanol–water partition coefficient (Wildman–Crippen LogP) is 6.50. The molecule has 1 rings (SSSR count). The Morgan fingerprint density at radius 3 is 2.26 bits per heavy atom. The van der Waals surface area contributed by atoms with Crippen molar-refractivity contribution in [2.45, 2.75) is 32.6 Å². The lowest BCUT2D eigenvalue weighted by Gasteiger charge is -2.12. The summed E-state index contributed by atoms with van der Waals surface area (Å²) >= 11 is 23.5. The van der Waals surface area contributed by atoms with Crippen molar-refractivity contribution >= 4 is 52.1 Å². The molecule has 1 N–H and O–H groups in total. The monoisotopic (exact) mass is 457 g/mol. The Bertz CT molecular complexity index is 611. The lowest BCUT2D eigenvalue weighted by atomic mass is 10.2. The molecule has 0 bridgehead atoms. The summed E-state index contributed by atoms with van der Waals surface area (Å²) in [5.41, 5.74) is 0.563. The van der Waals surface area contributed by atoms with Crippen molar-refractivity contribution in [2.75, 3.05) is 26.4 Å². The maximum absolute atomic E-state index is 8.50. The fourth-order valence-electron chi connectivity index (χ4n) is 2.04. The lowest BCUT2D eigenvalue weighted by Crippen LogP contribution is -2.05. The summed E-state index contributed by atoms with van der Waals surface area (Å²) in [5, 5.41) is 12.3. The van der Waals surface area contributed by atoms with Crippen molar-refractivity contribution in [1.29, 1.82) is 0 Å². The van der Waals surface area contributed by atoms with Gasteiger partial charge in [-0.3, -0.25) is 0 Å². The van der Waals surface area contributed by atoms with E-state index >= 15 is 0 Å². The highest BCUT2D eigenvalue weighted by Gasteiger charge is 2.10. The van der Waals surface area contributed by atoms with Gasteiger partial charge in [0.15, 0.2) is 5.75 Å². The smallest absolute Gasteiger partial charge is 0.156 e. The molecule has 1 aromatic carbocycles. The molecule has 9 heteroatoms. The van der Waals surface area contributed by atoms with Gasteiger partial charge in [0.1, 0.15) is 16.8 Å². The molecule has 0 spiro atoms. The van der Waals surface area contributed by atoms with Gasteiger partial charge in [-0.15, -0.1) is 0 Å². The summed E-state index contributed by atoms with van der Waals surface area (Å²) < 4.78 is 16.6. The number of halogens is 4. The van der Waals surface area contributed by atoms with Gasteiger partial charge in [0.25, 0.3) is 0 Å². The average molecular weight is 459 g/mol. The maximum atomic E-state index is 8.50. The molecule has 0 saturated heterocycles. The van der Waals surface area contributed by atoms with Crippen LogP contribution < -0.4 is 9.47 Å². The van der Waals surface area contributed by atoms with Gasteiger partial charge < -0.3 is 19.4 Å². The Balaban J connectivity index is 2.25. The van der Waals surface area contributed by atoms with Crippen LogP contribution in [0.1, 0.15) is 32.6 Å². The predicted molar refractivity (Wildman–Crippen MR) is 111 cm³/mol. The fraction of sp³-hybridized carbons (Fsp3) is 0.500. The van der Waals surface area contributed by atoms with Gasteiger partial charge in [-0.1, -0.05) is 58.0 Å². The maximum Gasteiger partial charge on any atom is 0.156 e. The van der Waals surface area contributed by atoms with E-state index in [0.29, 0.717) is 47.1 Å². The van der Waals surface area contributed by atoms with Crippen LogP contribution in [0.4, 0.5) is 0 Å². The lowest BCUT2D eigenvalue weighted by molar-refractivity contribution is 0.162. The zero-order valence-corrected chi connectivity index (χ0v) is 18.0. The largest absolute Gasteiger partial charge is 0.490 e. The second-order valence-corrected chi connectivity index (χ2v) is 7.49. The molecule has 0 heterocycles. The molecule has 0 amide bonds. The average Bonchev–Trinajstić information content (AvgIpc) is 2.61. The standard InChI is InChI=1S/C18H23Cl4NO4/c1-13(23-24)12-25-7-4-2-3-5-8-27-18-15(19)10-14(11-16(18)20)26-9-6-17(21)22/h6,10-11,24H,2-5,7-9,12H2,1H3. The second-order valence-electron chi connectivity index (χ2n) is 5.67. The second kappa shape index (κ2) is 14.2. The number of unbranched alkanes of at least 4 members (excludes halogenated alkanes) is 3. The molecule has 27 heavy (non-hydrogen) atoms. The molecule has 0 atom stereocenters. The van der Waals surface area contributed by atoms with E-state index in [1.54, 1.807) is 19.1 Å². The minimum atomic E-state index is 0.132. The number of oxime groups is 1. The molecule has 1 aromatic rings. The highest BCUT2D eigenvalue weighted by molar-refractivity contribution is 6.55. The highest BCUT2D eigenvalue weighted by Crippen LogP contribution is 2.37. The molecule has 0 aliphatic heterocycles. The fourth-order valence-corrected chi connectivity index (χ4v) is 2.74. The van der Waals surface area contributed by atoms with E-state index in [0.717, 1.165) is 25.7 Å². The zero-order valence-electron chi connectivity index (χ0n) is 15.0. The Morgan fingerprint density at radius 1 is 1.04 bits per heavy atom. The van der Waals surface area contributed by atoms with Gasteiger partial charge in [-0.25, -0.2) is 0 Å². The van der Waals surface area contributed by atoms with E-state index in [-0.39, 0.29) is 11.1 Å². The molecule has 0 aliphatic carbocycles. The third-order valence-electron chi connectivity index (χ3n) is 3.37. The van der Waals surface area contributed by atoms with Crippen molar-refractivity contribution in [1.82, 2.24) is 0 Å². The van der Waals surface area contributed by atoms with Crippen LogP contribution in [0.25, 0.3) is 0 Å². The van der Waals surface area contributed by atoms with Crippen LogP contribution >= 0.6 is 46.4 Å². The molecule has 0 fully saturated rings. The molecule has 0 radical (unpaired) electrons. The Morgan fingerprint density at radius 2 is 1.67 bits per heavy atom. The summed E-state index contributed by atoms with van der Waals surface area (Å²) in [6.07, 6.45) is 5.35. The van der Waals surface area contributed by atoms with Gasteiger partial charge in [0.2, 0.25) is 0 Å². The molecular weight excluding hydrogens is 436 g/mol. The number of rotatable bonds is 13. The number of benzene rings is 1. The van der Waals surface area contributed by atoms with Gasteiger partial charge in [0.05, 0.1) is 29.0 Å². The molecular formula is C18H23Cl4NO4. The van der Waals surface area contributed by atoms with E-state index in [1.807, 2.05) is 0 Å². The van der Waals surface area contributed by atoms with E-state index < -0.39 is 0 Å². The van der Waals surface area contributed by atoms with E-state index in [9.17, 15) is 0 Å². The summed E-state index contributed by atoms with van der Waals surface area (Å²) in [6.45, 7) is 3.42. The molecule has 0 saturated carbocycles. The normalized spacial score (nSPS) is 11.4. The van der Waals surface area contributed by atoms with E-state index in [4.69, 9.17) is 65.8 Å². The van der Waals surface area contributed by atoms with Crippen LogP contribution in [0.3, 0.4) is 0 Å². The van der Waals surface area contributed by atoms with Gasteiger partial charge in [-0.05, 0) is 32.3 Å². The van der Waals surface area contributed by atoms with Crippen LogP contribution in [0.5, 0.6) is 11.5 Å². The quantitative estimate of drug-likeness (QED) is 0.158. The van der Waals surface area contributed by atoms with Crippen LogP contribution in [-0.4, -0.2) is 37.3 Å². The number of hydrogen-bond acceptors (Lipinski definition) is 5. The van der Waals surface area contributed by atoms with Crippen molar-refractivity contribution in [3.63, 3.8) is 0 Å². The van der Waals surface area contributed by atoms with Crippen LogP contribution in [-0.2, 0) is 4.74 Å². The number of hydrogen-bond donors (Lipinski definition) is 1. The topological polar surface area (TPSA) is 60.3 Å². The third kappa shape index (κ3) is 10.9. The van der Waals surface area contributed by atoms with Crippen molar-refractivity contribution in [3.8, 4) is 11.5 Å². The zero-order chi connectivity index (χ0) is 20.1. The SMILES string of the molecule is CC(COCCCCCCOc1c(Cl)cc(OCC=C(Cl)Cl)cc1Cl)=NO. The van der Waals surface area contributed by atoms with Crippen molar-refractivity contribution in [2.24, 2.45) is 5.16 Å². The summed E-state index contributed by atoms with van der Waals surface area (Å²) in [4.78, 5) is 0. The summed E-state index contributed by atoms with van der Waals surface area (Å²) in [6, 6.07) is 3.27. The Labute approximate surface area is 179 Å². The van der Waals surface area contributed by atoms with Crippen LogP contribution in [0, 0.1) is 0 Å². The minimum absolute atomic E-state index is 0.132. The summed E-state index contributed by atoms with van der Waals surface area (Å²) in [5.74, 6) is 0.948. The van der Waals surface area contributed by atoms with E-state index in [1.165, 1.54) is 6.08 Å². The first-order chi connectivity index (χ1) is 12.9. The van der Waals surface area contributed by atoms with E-state index in [2.05, 4.69) is 5.16 Å². The number of ether oxygens (including phenoxy) is 3. The first-order valence-electron chi connectivity index (χ1n) is 8.45. The van der Waals surface area contributed by atoms with Crippen LogP contribution in [0.2, 0.25) is 10.0 Å². The van der Waals surface area contributed by atoms with Crippen molar-refractivity contribution < 1.29 is 19.4 Å². The van der Waals surface area contributed by atoms with Gasteiger partial charge >= 0.3 is 0 Å².